The minimum atomic E-state index is 0.286. The maximum absolute atomic E-state index is 11.2. The van der Waals surface area contributed by atoms with Gasteiger partial charge in [0.05, 0.1) is 16.0 Å². The van der Waals surface area contributed by atoms with Gasteiger partial charge in [-0.25, -0.2) is 0 Å². The van der Waals surface area contributed by atoms with Crippen molar-refractivity contribution in [1.82, 2.24) is 10.2 Å². The number of β-lactam (4-membered cyclic amide) rings is 1. The summed E-state index contributed by atoms with van der Waals surface area (Å²) in [4.78, 5) is 13.1. The van der Waals surface area contributed by atoms with E-state index >= 15 is 0 Å². The zero-order chi connectivity index (χ0) is 10.3. The Morgan fingerprint density at radius 2 is 2.27 bits per heavy atom. The smallest absolute Gasteiger partial charge is 0.230 e. The Morgan fingerprint density at radius 1 is 1.47 bits per heavy atom. The summed E-state index contributed by atoms with van der Waals surface area (Å²) in [6.07, 6.45) is 5.29. The highest BCUT2D eigenvalue weighted by molar-refractivity contribution is 8.23. The molecule has 3 heterocycles. The lowest BCUT2D eigenvalue weighted by atomic mass is 10.2. The van der Waals surface area contributed by atoms with Crippen LogP contribution < -0.4 is 5.32 Å². The Balaban J connectivity index is 1.57. The highest BCUT2D eigenvalue weighted by atomic mass is 32.2. The van der Waals surface area contributed by atoms with Gasteiger partial charge in [0.25, 0.3) is 0 Å². The fraction of sp³-hybridized carbons (Fsp3) is 0.700. The number of thioether (sulfide) groups is 2. The van der Waals surface area contributed by atoms with Crippen molar-refractivity contribution in [2.24, 2.45) is 0 Å². The highest BCUT2D eigenvalue weighted by Gasteiger charge is 2.41. The van der Waals surface area contributed by atoms with Crippen LogP contribution in [0.5, 0.6) is 0 Å². The summed E-state index contributed by atoms with van der Waals surface area (Å²) in [5.41, 5.74) is 0. The van der Waals surface area contributed by atoms with E-state index in [-0.39, 0.29) is 5.91 Å². The van der Waals surface area contributed by atoms with Crippen molar-refractivity contribution in [1.29, 1.82) is 0 Å². The van der Waals surface area contributed by atoms with Gasteiger partial charge in [-0.05, 0) is 25.9 Å². The molecular weight excluding hydrogens is 228 g/mol. The number of hydrogen-bond donors (Lipinski definition) is 1. The molecule has 2 saturated heterocycles. The van der Waals surface area contributed by atoms with Gasteiger partial charge in [0.1, 0.15) is 0 Å². The molecule has 0 aliphatic carbocycles. The lowest BCUT2D eigenvalue weighted by molar-refractivity contribution is -0.137. The van der Waals surface area contributed by atoms with Gasteiger partial charge in [-0.2, -0.15) is 0 Å². The van der Waals surface area contributed by atoms with Gasteiger partial charge >= 0.3 is 0 Å². The van der Waals surface area contributed by atoms with E-state index in [0.29, 0.717) is 5.37 Å². The van der Waals surface area contributed by atoms with Crippen molar-refractivity contribution in [2.45, 2.75) is 29.9 Å². The number of carbonyl (C=O) groups is 1. The molecule has 3 aliphatic rings. The summed E-state index contributed by atoms with van der Waals surface area (Å²) >= 11 is 3.83. The van der Waals surface area contributed by atoms with Crippen LogP contribution in [0.2, 0.25) is 0 Å². The van der Waals surface area contributed by atoms with E-state index in [9.17, 15) is 4.79 Å². The van der Waals surface area contributed by atoms with Crippen LogP contribution in [-0.4, -0.2) is 34.5 Å². The highest BCUT2D eigenvalue weighted by Crippen LogP contribution is 2.48. The molecular formula is C10H14N2OS2. The van der Waals surface area contributed by atoms with Gasteiger partial charge in [0, 0.05) is 11.4 Å². The quantitative estimate of drug-likeness (QED) is 0.745. The largest absolute Gasteiger partial charge is 0.317 e. The van der Waals surface area contributed by atoms with Crippen molar-refractivity contribution in [2.75, 3.05) is 13.1 Å². The molecule has 2 fully saturated rings. The molecule has 1 N–H and O–H groups in total. The third-order valence-electron chi connectivity index (χ3n) is 3.01. The molecule has 0 aromatic heterocycles. The van der Waals surface area contributed by atoms with Gasteiger partial charge in [0.2, 0.25) is 5.91 Å². The van der Waals surface area contributed by atoms with Crippen LogP contribution in [0.4, 0.5) is 0 Å². The predicted molar refractivity (Wildman–Crippen MR) is 64.4 cm³/mol. The number of nitrogens with zero attached hydrogens (tertiary/aromatic N) is 1. The fourth-order valence-corrected chi connectivity index (χ4v) is 4.97. The topological polar surface area (TPSA) is 32.3 Å². The van der Waals surface area contributed by atoms with Gasteiger partial charge in [0.15, 0.2) is 0 Å². The van der Waals surface area contributed by atoms with E-state index in [0.717, 1.165) is 24.8 Å². The normalized spacial score (nSPS) is 31.2. The molecule has 15 heavy (non-hydrogen) atoms. The van der Waals surface area contributed by atoms with Crippen LogP contribution in [0.15, 0.2) is 10.4 Å². The van der Waals surface area contributed by atoms with Crippen LogP contribution in [0.25, 0.3) is 0 Å². The standard InChI is InChI=1S/C10H14N2OS2/c13-8-5-9-12(8)6-10(15-9)14-7-1-3-11-4-2-7/h6-7,9,11H,1-5H2/t9-/m1/s1. The SMILES string of the molecule is O=C1C[C@H]2SC(SC3CCNCC3)=CN12. The molecule has 0 unspecified atom stereocenters. The summed E-state index contributed by atoms with van der Waals surface area (Å²) in [5.74, 6) is 0.286. The minimum Gasteiger partial charge on any atom is -0.317 e. The molecule has 0 saturated carbocycles. The van der Waals surface area contributed by atoms with Crippen molar-refractivity contribution in [3.8, 4) is 0 Å². The molecule has 1 atom stereocenters. The first-order valence-corrected chi connectivity index (χ1v) is 7.16. The number of piperidine rings is 1. The molecule has 3 rings (SSSR count). The zero-order valence-corrected chi connectivity index (χ0v) is 10.1. The van der Waals surface area contributed by atoms with E-state index in [2.05, 4.69) is 5.32 Å². The van der Waals surface area contributed by atoms with Gasteiger partial charge in [-0.15, -0.1) is 11.8 Å². The first-order chi connectivity index (χ1) is 7.33. The van der Waals surface area contributed by atoms with E-state index in [1.54, 1.807) is 0 Å². The van der Waals surface area contributed by atoms with Crippen LogP contribution in [0.1, 0.15) is 19.3 Å². The Morgan fingerprint density at radius 3 is 2.93 bits per heavy atom. The number of fused-ring (bicyclic) bond motifs is 1. The molecule has 0 radical (unpaired) electrons. The lowest BCUT2D eigenvalue weighted by Gasteiger charge is -2.31. The van der Waals surface area contributed by atoms with Crippen LogP contribution in [0, 0.1) is 0 Å². The third-order valence-corrected chi connectivity index (χ3v) is 5.74. The van der Waals surface area contributed by atoms with Gasteiger partial charge < -0.3 is 10.2 Å². The van der Waals surface area contributed by atoms with E-state index in [4.69, 9.17) is 0 Å². The zero-order valence-electron chi connectivity index (χ0n) is 8.44. The average Bonchev–Trinajstić information content (AvgIpc) is 2.57. The number of rotatable bonds is 2. The molecule has 0 aromatic rings. The summed E-state index contributed by atoms with van der Waals surface area (Å²) in [6.45, 7) is 2.28. The monoisotopic (exact) mass is 242 g/mol. The summed E-state index contributed by atoms with van der Waals surface area (Å²) in [7, 11) is 0. The second-order valence-corrected chi connectivity index (χ2v) is 6.91. The molecule has 5 heteroatoms. The number of hydrogen-bond acceptors (Lipinski definition) is 4. The second kappa shape index (κ2) is 4.03. The number of amides is 1. The molecule has 0 spiro atoms. The first-order valence-electron chi connectivity index (χ1n) is 5.40. The van der Waals surface area contributed by atoms with E-state index in [1.165, 1.54) is 17.1 Å². The van der Waals surface area contributed by atoms with E-state index in [1.807, 2.05) is 34.6 Å². The van der Waals surface area contributed by atoms with Crippen LogP contribution in [-0.2, 0) is 4.79 Å². The molecule has 1 amide bonds. The van der Waals surface area contributed by atoms with Crippen LogP contribution >= 0.6 is 23.5 Å². The molecule has 3 aliphatic heterocycles. The third kappa shape index (κ3) is 1.92. The van der Waals surface area contributed by atoms with Crippen molar-refractivity contribution in [3.63, 3.8) is 0 Å². The second-order valence-electron chi connectivity index (χ2n) is 4.09. The summed E-state index contributed by atoms with van der Waals surface area (Å²) < 4.78 is 1.35. The molecule has 82 valence electrons. The Labute approximate surface area is 98.0 Å². The van der Waals surface area contributed by atoms with Crippen molar-refractivity contribution >= 4 is 29.4 Å². The lowest BCUT2D eigenvalue weighted by Crippen LogP contribution is -2.44. The predicted octanol–water partition coefficient (Wildman–Crippen LogP) is 1.58. The molecule has 0 bridgehead atoms. The van der Waals surface area contributed by atoms with Crippen molar-refractivity contribution in [3.05, 3.63) is 10.4 Å². The maximum atomic E-state index is 11.2. The minimum absolute atomic E-state index is 0.286. The molecule has 0 aromatic carbocycles. The van der Waals surface area contributed by atoms with Crippen molar-refractivity contribution < 1.29 is 4.79 Å². The van der Waals surface area contributed by atoms with Gasteiger partial charge in [-0.3, -0.25) is 4.79 Å². The summed E-state index contributed by atoms with van der Waals surface area (Å²) in [5, 5.41) is 4.55. The Kier molecular flexibility index (Phi) is 2.70. The van der Waals surface area contributed by atoms with E-state index < -0.39 is 0 Å². The van der Waals surface area contributed by atoms with Gasteiger partial charge in [-0.1, -0.05) is 11.8 Å². The summed E-state index contributed by atoms with van der Waals surface area (Å²) in [6, 6.07) is 0. The van der Waals surface area contributed by atoms with Crippen LogP contribution in [0.3, 0.4) is 0 Å². The Hall–Kier alpha value is -0.130. The Bertz CT molecular complexity index is 313. The number of carbonyl (C=O) groups excluding carboxylic acids is 1. The number of nitrogens with one attached hydrogen (secondary N) is 1. The fourth-order valence-electron chi connectivity index (χ4n) is 2.07. The first kappa shape index (κ1) is 10.1. The average molecular weight is 242 g/mol. The molecule has 3 nitrogen and oxygen atoms in total. The maximum Gasteiger partial charge on any atom is 0.230 e.